The summed E-state index contributed by atoms with van der Waals surface area (Å²) < 4.78 is 3.20. The van der Waals surface area contributed by atoms with Gasteiger partial charge in [-0.2, -0.15) is 4.68 Å². The summed E-state index contributed by atoms with van der Waals surface area (Å²) in [5.41, 5.74) is 11.1. The van der Waals surface area contributed by atoms with E-state index in [2.05, 4.69) is 25.5 Å². The van der Waals surface area contributed by atoms with Gasteiger partial charge in [-0.05, 0) is 64.9 Å². The van der Waals surface area contributed by atoms with E-state index < -0.39 is 0 Å². The number of hydrogen-bond acceptors (Lipinski definition) is 6. The Morgan fingerprint density at radius 3 is 2.61 bits per heavy atom. The number of halogens is 1. The van der Waals surface area contributed by atoms with E-state index in [4.69, 9.17) is 17.3 Å². The monoisotopic (exact) mass is 458 g/mol. The lowest BCUT2D eigenvalue weighted by atomic mass is 10.0. The lowest BCUT2D eigenvalue weighted by molar-refractivity contribution is 0.700. The first-order chi connectivity index (χ1) is 16.0. The Kier molecular flexibility index (Phi) is 5.23. The van der Waals surface area contributed by atoms with Crippen molar-refractivity contribution in [3.63, 3.8) is 0 Å². The van der Waals surface area contributed by atoms with E-state index in [1.165, 1.54) is 11.0 Å². The maximum absolute atomic E-state index is 13.1. The molecule has 2 aromatic carbocycles. The first-order valence-corrected chi connectivity index (χ1v) is 10.5. The van der Waals surface area contributed by atoms with Crippen LogP contribution in [0.15, 0.2) is 71.9 Å². The van der Waals surface area contributed by atoms with Gasteiger partial charge in [0.2, 0.25) is 0 Å². The molecular weight excluding hydrogens is 440 g/mol. The van der Waals surface area contributed by atoms with E-state index in [9.17, 15) is 4.79 Å². The van der Waals surface area contributed by atoms with Crippen LogP contribution in [0.5, 0.6) is 0 Å². The molecule has 3 heterocycles. The number of nitrogen functional groups attached to an aromatic ring is 1. The number of pyridine rings is 1. The van der Waals surface area contributed by atoms with Crippen LogP contribution in [0.1, 0.15) is 11.5 Å². The molecular formula is C23H19ClN8O. The number of nitrogens with two attached hydrogens (primary N) is 1. The Morgan fingerprint density at radius 2 is 1.88 bits per heavy atom. The molecule has 0 bridgehead atoms. The Morgan fingerprint density at radius 1 is 1.06 bits per heavy atom. The zero-order chi connectivity index (χ0) is 22.9. The molecule has 0 unspecified atom stereocenters. The quantitative estimate of drug-likeness (QED) is 0.389. The number of hydrogen-bond donors (Lipinski definition) is 2. The zero-order valence-electron chi connectivity index (χ0n) is 17.6. The van der Waals surface area contributed by atoms with Crippen LogP contribution in [-0.4, -0.2) is 34.7 Å². The third-order valence-electron chi connectivity index (χ3n) is 5.36. The van der Waals surface area contributed by atoms with Gasteiger partial charge in [0, 0.05) is 28.0 Å². The average Bonchev–Trinajstić information content (AvgIpc) is 3.49. The number of aromatic nitrogens is 7. The van der Waals surface area contributed by atoms with Crippen molar-refractivity contribution in [1.29, 1.82) is 0 Å². The van der Waals surface area contributed by atoms with Crippen molar-refractivity contribution >= 4 is 17.3 Å². The number of H-pyrrole nitrogens is 1. The Balaban J connectivity index is 1.48. The second-order valence-corrected chi connectivity index (χ2v) is 8.03. The molecule has 5 rings (SSSR count). The van der Waals surface area contributed by atoms with Crippen molar-refractivity contribution in [1.82, 2.24) is 34.7 Å². The van der Waals surface area contributed by atoms with Crippen molar-refractivity contribution in [2.75, 3.05) is 5.73 Å². The molecule has 9 nitrogen and oxygen atoms in total. The molecule has 10 heteroatoms. The number of imidazole rings is 1. The van der Waals surface area contributed by atoms with E-state index in [1.54, 1.807) is 29.0 Å². The van der Waals surface area contributed by atoms with E-state index in [0.717, 1.165) is 33.8 Å². The molecule has 0 atom stereocenters. The maximum atomic E-state index is 13.1. The van der Waals surface area contributed by atoms with Crippen molar-refractivity contribution < 1.29 is 0 Å². The number of aryl methyl sites for hydroxylation is 1. The molecule has 5 aromatic rings. The molecule has 0 fully saturated rings. The van der Waals surface area contributed by atoms with Crippen LogP contribution in [0.4, 0.5) is 5.69 Å². The third-order valence-corrected chi connectivity index (χ3v) is 5.59. The topological polar surface area (TPSA) is 120 Å². The number of rotatable bonds is 5. The summed E-state index contributed by atoms with van der Waals surface area (Å²) in [6.07, 6.45) is 3.25. The number of nitrogens with one attached hydrogen (secondary N) is 1. The normalized spacial score (nSPS) is 11.1. The van der Waals surface area contributed by atoms with Gasteiger partial charge < -0.3 is 15.3 Å². The number of benzene rings is 2. The molecule has 0 saturated carbocycles. The highest BCUT2D eigenvalue weighted by Gasteiger charge is 2.13. The highest BCUT2D eigenvalue weighted by molar-refractivity contribution is 6.31. The smallest absolute Gasteiger partial charge is 0.251 e. The summed E-state index contributed by atoms with van der Waals surface area (Å²) >= 11 is 6.24. The van der Waals surface area contributed by atoms with E-state index >= 15 is 0 Å². The lowest BCUT2D eigenvalue weighted by Crippen LogP contribution is -2.23. The van der Waals surface area contributed by atoms with Gasteiger partial charge in [0.1, 0.15) is 12.2 Å². The van der Waals surface area contributed by atoms with E-state index in [1.807, 2.05) is 43.3 Å². The zero-order valence-corrected chi connectivity index (χ0v) is 18.4. The molecule has 0 aliphatic rings. The maximum Gasteiger partial charge on any atom is 0.251 e. The second-order valence-electron chi connectivity index (χ2n) is 7.59. The van der Waals surface area contributed by atoms with Crippen molar-refractivity contribution in [3.05, 3.63) is 94.0 Å². The minimum atomic E-state index is -0.155. The average molecular weight is 459 g/mol. The fourth-order valence-corrected chi connectivity index (χ4v) is 3.87. The van der Waals surface area contributed by atoms with Crippen LogP contribution in [0.2, 0.25) is 5.02 Å². The van der Waals surface area contributed by atoms with E-state index in [-0.39, 0.29) is 5.56 Å². The summed E-state index contributed by atoms with van der Waals surface area (Å²) in [4.78, 5) is 20.8. The minimum absolute atomic E-state index is 0.155. The lowest BCUT2D eigenvalue weighted by Gasteiger charge is -2.13. The number of tetrazole rings is 1. The fourth-order valence-electron chi connectivity index (χ4n) is 3.70. The summed E-state index contributed by atoms with van der Waals surface area (Å²) in [5, 5.41) is 11.9. The molecule has 3 aromatic heterocycles. The van der Waals surface area contributed by atoms with Crippen molar-refractivity contribution in [3.8, 4) is 28.1 Å². The molecule has 0 aliphatic carbocycles. The number of nitrogens with zero attached hydrogens (tertiary/aromatic N) is 6. The molecule has 3 N–H and O–H groups in total. The van der Waals surface area contributed by atoms with Crippen LogP contribution >= 0.6 is 11.6 Å². The second kappa shape index (κ2) is 8.36. The summed E-state index contributed by atoms with van der Waals surface area (Å²) in [6, 6.07) is 16.4. The molecule has 164 valence electrons. The highest BCUT2D eigenvalue weighted by Crippen LogP contribution is 2.29. The van der Waals surface area contributed by atoms with Crippen LogP contribution in [-0.2, 0) is 6.54 Å². The number of anilines is 1. The first-order valence-electron chi connectivity index (χ1n) is 10.1. The van der Waals surface area contributed by atoms with Crippen LogP contribution in [0, 0.1) is 6.92 Å². The molecule has 0 radical (unpaired) electrons. The third kappa shape index (κ3) is 4.13. The van der Waals surface area contributed by atoms with Gasteiger partial charge in [0.15, 0.2) is 0 Å². The van der Waals surface area contributed by atoms with Gasteiger partial charge in [-0.15, -0.1) is 5.10 Å². The summed E-state index contributed by atoms with van der Waals surface area (Å²) in [7, 11) is 0. The van der Waals surface area contributed by atoms with Crippen molar-refractivity contribution in [2.45, 2.75) is 13.5 Å². The van der Waals surface area contributed by atoms with Crippen LogP contribution < -0.4 is 11.3 Å². The first kappa shape index (κ1) is 20.7. The Hall–Kier alpha value is -4.24. The predicted octanol–water partition coefficient (Wildman–Crippen LogP) is 3.47. The minimum Gasteiger partial charge on any atom is -0.399 e. The Labute approximate surface area is 193 Å². The number of aromatic amines is 1. The molecule has 0 aliphatic heterocycles. The van der Waals surface area contributed by atoms with Gasteiger partial charge in [-0.3, -0.25) is 4.79 Å². The molecule has 0 amide bonds. The van der Waals surface area contributed by atoms with Gasteiger partial charge in [0.25, 0.3) is 5.56 Å². The fraction of sp³-hybridized carbons (Fsp3) is 0.0870. The Bertz CT molecular complexity index is 1490. The van der Waals surface area contributed by atoms with Gasteiger partial charge in [-0.1, -0.05) is 23.7 Å². The molecule has 0 saturated heterocycles. The molecule has 0 spiro atoms. The predicted molar refractivity (Wildman–Crippen MR) is 126 cm³/mol. The summed E-state index contributed by atoms with van der Waals surface area (Å²) in [5.74, 6) is 0.678. The summed E-state index contributed by atoms with van der Waals surface area (Å²) in [6.45, 7) is 2.20. The largest absolute Gasteiger partial charge is 0.399 e. The van der Waals surface area contributed by atoms with Crippen LogP contribution in [0.3, 0.4) is 0 Å². The van der Waals surface area contributed by atoms with E-state index in [0.29, 0.717) is 23.1 Å². The van der Waals surface area contributed by atoms with Gasteiger partial charge in [0.05, 0.1) is 24.1 Å². The highest BCUT2D eigenvalue weighted by atomic mass is 35.5. The molecule has 33 heavy (non-hydrogen) atoms. The standard InChI is InChI=1S/C23H19ClN8O/c1-14-8-16(19-10-17(24)4-7-21(19)32-13-27-29-30-32)9-23(33)31(14)12-22-26-11-20(28-22)15-2-5-18(25)6-3-15/h2-11,13H,12,25H2,1H3,(H,26,28). The SMILES string of the molecule is Cc1cc(-c2cc(Cl)ccc2-n2cnnn2)cc(=O)n1Cc1ncc(-c2ccc(N)cc2)[nH]1. The van der Waals surface area contributed by atoms with Gasteiger partial charge in [-0.25, -0.2) is 4.98 Å². The van der Waals surface area contributed by atoms with Crippen LogP contribution in [0.25, 0.3) is 28.1 Å². The van der Waals surface area contributed by atoms with Crippen molar-refractivity contribution in [2.24, 2.45) is 0 Å². The van der Waals surface area contributed by atoms with Gasteiger partial charge >= 0.3 is 0 Å².